The highest BCUT2D eigenvalue weighted by molar-refractivity contribution is 6.00. The molecule has 1 aliphatic rings. The third kappa shape index (κ3) is 5.62. The minimum absolute atomic E-state index is 0.173. The maximum Gasteiger partial charge on any atom is 0.416 e. The van der Waals surface area contributed by atoms with Gasteiger partial charge in [0.05, 0.1) is 5.56 Å². The lowest BCUT2D eigenvalue weighted by Gasteiger charge is -2.20. The fourth-order valence-electron chi connectivity index (χ4n) is 3.61. The molecule has 0 radical (unpaired) electrons. The van der Waals surface area contributed by atoms with Crippen molar-refractivity contribution in [2.75, 3.05) is 19.6 Å². The van der Waals surface area contributed by atoms with Crippen molar-refractivity contribution in [1.82, 2.24) is 10.2 Å². The van der Waals surface area contributed by atoms with E-state index in [-0.39, 0.29) is 11.8 Å². The highest BCUT2D eigenvalue weighted by Crippen LogP contribution is 2.31. The van der Waals surface area contributed by atoms with Gasteiger partial charge in [-0.1, -0.05) is 36.8 Å². The summed E-state index contributed by atoms with van der Waals surface area (Å²) >= 11 is 0. The van der Waals surface area contributed by atoms with Crippen LogP contribution < -0.4 is 5.32 Å². The number of hydrogen-bond donors (Lipinski definition) is 1. The van der Waals surface area contributed by atoms with Crippen molar-refractivity contribution in [1.29, 1.82) is 0 Å². The normalized spacial score (nSPS) is 15.0. The molecule has 160 valence electrons. The molecule has 1 aliphatic heterocycles. The summed E-state index contributed by atoms with van der Waals surface area (Å²) in [5.41, 5.74) is 0.801. The Bertz CT molecular complexity index is 879. The molecule has 0 saturated carbocycles. The maximum absolute atomic E-state index is 12.8. The largest absolute Gasteiger partial charge is 0.416 e. The Hall–Kier alpha value is -2.83. The van der Waals surface area contributed by atoms with Crippen molar-refractivity contribution in [3.05, 3.63) is 59.7 Å². The predicted molar refractivity (Wildman–Crippen MR) is 109 cm³/mol. The first-order valence-corrected chi connectivity index (χ1v) is 10.2. The molecule has 0 unspecified atom stereocenters. The molecule has 2 amide bonds. The van der Waals surface area contributed by atoms with Crippen LogP contribution in [0, 0.1) is 0 Å². The SMILES string of the molecule is O=C(NCCCN1CCCCCC1=O)c1ccccc1-c1ccc(C(F)(F)F)cc1. The molecule has 1 saturated heterocycles. The van der Waals surface area contributed by atoms with Crippen LogP contribution in [0.3, 0.4) is 0 Å². The van der Waals surface area contributed by atoms with E-state index in [9.17, 15) is 22.8 Å². The molecule has 0 aromatic heterocycles. The standard InChI is InChI=1S/C23H25F3N2O2/c24-23(25,26)18-12-10-17(11-13-18)19-7-3-4-8-20(19)22(30)27-14-6-16-28-15-5-1-2-9-21(28)29/h3-4,7-8,10-13H,1-2,5-6,9,14-16H2,(H,27,30). The minimum atomic E-state index is -4.40. The van der Waals surface area contributed by atoms with Gasteiger partial charge in [0, 0.05) is 31.6 Å². The van der Waals surface area contributed by atoms with E-state index < -0.39 is 11.7 Å². The van der Waals surface area contributed by atoms with Crippen LogP contribution >= 0.6 is 0 Å². The van der Waals surface area contributed by atoms with Gasteiger partial charge in [0.1, 0.15) is 0 Å². The lowest BCUT2D eigenvalue weighted by atomic mass is 9.98. The van der Waals surface area contributed by atoms with Gasteiger partial charge in [-0.3, -0.25) is 9.59 Å². The zero-order valence-corrected chi connectivity index (χ0v) is 16.7. The molecule has 2 aromatic rings. The number of carbonyl (C=O) groups excluding carboxylic acids is 2. The number of benzene rings is 2. The molecule has 3 rings (SSSR count). The van der Waals surface area contributed by atoms with Crippen LogP contribution in [0.1, 0.15) is 48.0 Å². The van der Waals surface area contributed by atoms with Crippen LogP contribution in [-0.4, -0.2) is 36.3 Å². The lowest BCUT2D eigenvalue weighted by Crippen LogP contribution is -2.34. The molecule has 0 bridgehead atoms. The van der Waals surface area contributed by atoms with Crippen LogP contribution in [-0.2, 0) is 11.0 Å². The summed E-state index contributed by atoms with van der Waals surface area (Å²) < 4.78 is 38.4. The van der Waals surface area contributed by atoms with Crippen LogP contribution in [0.15, 0.2) is 48.5 Å². The summed E-state index contributed by atoms with van der Waals surface area (Å²) in [5.74, 6) is -0.112. The highest BCUT2D eigenvalue weighted by Gasteiger charge is 2.30. The lowest BCUT2D eigenvalue weighted by molar-refractivity contribution is -0.137. The van der Waals surface area contributed by atoms with Gasteiger partial charge >= 0.3 is 6.18 Å². The third-order valence-corrected chi connectivity index (χ3v) is 5.26. The zero-order chi connectivity index (χ0) is 21.6. The first-order valence-electron chi connectivity index (χ1n) is 10.2. The molecule has 0 atom stereocenters. The van der Waals surface area contributed by atoms with Gasteiger partial charge in [-0.15, -0.1) is 0 Å². The van der Waals surface area contributed by atoms with Crippen molar-refractivity contribution in [3.63, 3.8) is 0 Å². The number of halogens is 3. The van der Waals surface area contributed by atoms with E-state index >= 15 is 0 Å². The number of alkyl halides is 3. The molecule has 1 N–H and O–H groups in total. The van der Waals surface area contributed by atoms with Crippen LogP contribution in [0.4, 0.5) is 13.2 Å². The molecule has 4 nitrogen and oxygen atoms in total. The molecule has 1 fully saturated rings. The average molecular weight is 418 g/mol. The first kappa shape index (κ1) is 21.9. The molecule has 7 heteroatoms. The summed E-state index contributed by atoms with van der Waals surface area (Å²) in [6.45, 7) is 1.80. The van der Waals surface area contributed by atoms with Crippen molar-refractivity contribution in [3.8, 4) is 11.1 Å². The van der Waals surface area contributed by atoms with E-state index in [0.717, 1.165) is 37.9 Å². The van der Waals surface area contributed by atoms with Gasteiger partial charge in [-0.25, -0.2) is 0 Å². The van der Waals surface area contributed by atoms with Gasteiger partial charge in [0.2, 0.25) is 5.91 Å². The second-order valence-corrected chi connectivity index (χ2v) is 7.42. The van der Waals surface area contributed by atoms with Gasteiger partial charge < -0.3 is 10.2 Å². The van der Waals surface area contributed by atoms with Crippen LogP contribution in [0.25, 0.3) is 11.1 Å². The Morgan fingerprint density at radius 2 is 1.73 bits per heavy atom. The van der Waals surface area contributed by atoms with Crippen molar-refractivity contribution in [2.24, 2.45) is 0 Å². The van der Waals surface area contributed by atoms with Crippen molar-refractivity contribution >= 4 is 11.8 Å². The Morgan fingerprint density at radius 1 is 1.00 bits per heavy atom. The fourth-order valence-corrected chi connectivity index (χ4v) is 3.61. The number of carbonyl (C=O) groups is 2. The second kappa shape index (κ2) is 9.78. The topological polar surface area (TPSA) is 49.4 Å². The van der Waals surface area contributed by atoms with Gasteiger partial charge in [0.15, 0.2) is 0 Å². The van der Waals surface area contributed by atoms with E-state index in [0.29, 0.717) is 42.6 Å². The van der Waals surface area contributed by atoms with E-state index in [1.807, 2.05) is 4.90 Å². The number of amides is 2. The van der Waals surface area contributed by atoms with Crippen LogP contribution in [0.5, 0.6) is 0 Å². The van der Waals surface area contributed by atoms with Crippen LogP contribution in [0.2, 0.25) is 0 Å². The predicted octanol–water partition coefficient (Wildman–Crippen LogP) is 4.89. The average Bonchev–Trinajstić information content (AvgIpc) is 2.94. The number of likely N-dealkylation sites (tertiary alicyclic amines) is 1. The molecule has 30 heavy (non-hydrogen) atoms. The Kier molecular flexibility index (Phi) is 7.13. The number of hydrogen-bond acceptors (Lipinski definition) is 2. The van der Waals surface area contributed by atoms with E-state index in [2.05, 4.69) is 5.32 Å². The molecular weight excluding hydrogens is 393 g/mol. The zero-order valence-electron chi connectivity index (χ0n) is 16.7. The molecule has 0 aliphatic carbocycles. The number of rotatable bonds is 6. The smallest absolute Gasteiger partial charge is 0.352 e. The third-order valence-electron chi connectivity index (χ3n) is 5.26. The Labute approximate surface area is 174 Å². The van der Waals surface area contributed by atoms with E-state index in [1.165, 1.54) is 12.1 Å². The number of nitrogens with zero attached hydrogens (tertiary/aromatic N) is 1. The molecule has 1 heterocycles. The van der Waals surface area contributed by atoms with Gasteiger partial charge in [-0.2, -0.15) is 13.2 Å². The summed E-state index contributed by atoms with van der Waals surface area (Å²) in [6, 6.07) is 11.6. The Morgan fingerprint density at radius 3 is 2.47 bits per heavy atom. The van der Waals surface area contributed by atoms with Crippen molar-refractivity contribution < 1.29 is 22.8 Å². The second-order valence-electron chi connectivity index (χ2n) is 7.42. The highest BCUT2D eigenvalue weighted by atomic mass is 19.4. The Balaban J connectivity index is 1.61. The molecule has 2 aromatic carbocycles. The van der Waals surface area contributed by atoms with Gasteiger partial charge in [-0.05, 0) is 48.6 Å². The summed E-state index contributed by atoms with van der Waals surface area (Å²) in [5, 5.41) is 2.86. The molecular formula is C23H25F3N2O2. The van der Waals surface area contributed by atoms with E-state index in [4.69, 9.17) is 0 Å². The monoisotopic (exact) mass is 418 g/mol. The minimum Gasteiger partial charge on any atom is -0.352 e. The van der Waals surface area contributed by atoms with Crippen molar-refractivity contribution in [2.45, 2.75) is 38.3 Å². The van der Waals surface area contributed by atoms with E-state index in [1.54, 1.807) is 24.3 Å². The summed E-state index contributed by atoms with van der Waals surface area (Å²) in [6.07, 6.45) is -0.137. The quantitative estimate of drug-likeness (QED) is 0.679. The van der Waals surface area contributed by atoms with Gasteiger partial charge in [0.25, 0.3) is 5.91 Å². The summed E-state index contributed by atoms with van der Waals surface area (Å²) in [4.78, 5) is 26.5. The first-order chi connectivity index (χ1) is 14.4. The summed E-state index contributed by atoms with van der Waals surface area (Å²) in [7, 11) is 0. The fraction of sp³-hybridized carbons (Fsp3) is 0.391. The molecule has 0 spiro atoms. The maximum atomic E-state index is 12.8. The number of nitrogens with one attached hydrogen (secondary N) is 1.